The Morgan fingerprint density at radius 3 is 1.35 bits per heavy atom. The molecule has 0 aliphatic rings. The number of aliphatic carboxylic acids is 1. The lowest BCUT2D eigenvalue weighted by Crippen LogP contribution is -2.48. The predicted octanol–water partition coefficient (Wildman–Crippen LogP) is 5.10. The number of phenolic OH excluding ortho intramolecular Hbond substituents is 2. The van der Waals surface area contributed by atoms with Crippen molar-refractivity contribution in [2.75, 3.05) is 20.2 Å². The second-order valence-corrected chi connectivity index (χ2v) is 18.5. The smallest absolute Gasteiger partial charge is 0.330 e. The molecule has 0 aliphatic heterocycles. The Kier molecular flexibility index (Phi) is 18.6. The SMILES string of the molecule is COC(=O)[C@H](CNC(=O)c1cccs1)NC(=O)c1sc(C(=O)NCc2ccc(F)c(O)c2)cc1C.Cc1cc(C(=O)NCc2ccc(F)c(O)c2)sc1C(=O)N[C@@H](CNC(=O)c1cccs1)C(=O)O. The van der Waals surface area contributed by atoms with Crippen LogP contribution in [0.1, 0.15) is 80.3 Å². The maximum Gasteiger partial charge on any atom is 0.330 e. The molecule has 18 nitrogen and oxygen atoms in total. The molecule has 362 valence electrons. The minimum absolute atomic E-state index is 0.0240. The van der Waals surface area contributed by atoms with E-state index in [9.17, 15) is 62.5 Å². The Labute approximate surface area is 407 Å². The number of esters is 1. The molecule has 4 heterocycles. The topological polar surface area (TPSA) is 279 Å². The first kappa shape index (κ1) is 52.4. The number of methoxy groups -OCH3 is 1. The van der Waals surface area contributed by atoms with Gasteiger partial charge in [0.2, 0.25) is 0 Å². The van der Waals surface area contributed by atoms with Gasteiger partial charge in [0.05, 0.1) is 36.4 Å². The molecule has 0 radical (unpaired) electrons. The highest BCUT2D eigenvalue weighted by Gasteiger charge is 2.27. The molecular weight excluding hydrogens is 983 g/mol. The van der Waals surface area contributed by atoms with Crippen molar-refractivity contribution in [1.82, 2.24) is 31.9 Å². The quantitative estimate of drug-likeness (QED) is 0.0509. The van der Waals surface area contributed by atoms with Crippen LogP contribution < -0.4 is 31.9 Å². The van der Waals surface area contributed by atoms with Crippen molar-refractivity contribution in [2.24, 2.45) is 0 Å². The number of carboxylic acid groups (broad SMARTS) is 1. The number of thiophene rings is 4. The largest absolute Gasteiger partial charge is 0.505 e. The summed E-state index contributed by atoms with van der Waals surface area (Å²) in [4.78, 5) is 100. The number of amides is 6. The predicted molar refractivity (Wildman–Crippen MR) is 252 cm³/mol. The van der Waals surface area contributed by atoms with Gasteiger partial charge in [-0.25, -0.2) is 18.4 Å². The molecule has 0 bridgehead atoms. The van der Waals surface area contributed by atoms with E-state index >= 15 is 0 Å². The molecule has 0 unspecified atom stereocenters. The van der Waals surface area contributed by atoms with E-state index in [0.29, 0.717) is 32.0 Å². The molecular formula is C45H42F2N6O12S4. The van der Waals surface area contributed by atoms with Crippen LogP contribution >= 0.6 is 45.3 Å². The summed E-state index contributed by atoms with van der Waals surface area (Å²) in [5.41, 5.74) is 1.96. The fraction of sp³-hybridized carbons (Fsp3) is 0.200. The fourth-order valence-electron chi connectivity index (χ4n) is 5.88. The number of ether oxygens (including phenoxy) is 1. The fourth-order valence-corrected chi connectivity index (χ4v) is 9.14. The summed E-state index contributed by atoms with van der Waals surface area (Å²) in [6.07, 6.45) is 0. The summed E-state index contributed by atoms with van der Waals surface area (Å²) in [5.74, 6) is -7.73. The standard InChI is InChI=1S/C23H22FN3O6S2.C22H20FN3O6S2/c1-12-8-18(21(30)25-10-13-5-6-14(24)16(28)9-13)35-19(12)22(31)27-15(23(32)33-2)11-26-20(29)17-4-3-7-34-17;1-11-7-17(20(29)24-9-12-4-5-13(23)15(27)8-12)34-18(11)21(30)26-14(22(31)32)10-25-19(28)16-3-2-6-33-16/h3-9,15,28H,10-11H2,1-2H3,(H,25,30)(H,26,29)(H,27,31);2-8,14,27H,9-10H2,1H3,(H,24,29)(H,25,28)(H,26,30)(H,31,32)/t15-;14-/m00/s1. The molecule has 6 aromatic rings. The van der Waals surface area contributed by atoms with E-state index < -0.39 is 76.7 Å². The lowest BCUT2D eigenvalue weighted by atomic mass is 10.2. The third-order valence-corrected chi connectivity index (χ3v) is 13.6. The monoisotopic (exact) mass is 1020 g/mol. The first-order valence-corrected chi connectivity index (χ1v) is 23.5. The first-order valence-electron chi connectivity index (χ1n) is 20.1. The van der Waals surface area contributed by atoms with Crippen LogP contribution in [-0.4, -0.2) is 95.0 Å². The minimum atomic E-state index is -1.37. The van der Waals surface area contributed by atoms with Gasteiger partial charge in [-0.2, -0.15) is 0 Å². The zero-order valence-electron chi connectivity index (χ0n) is 36.5. The molecule has 69 heavy (non-hydrogen) atoms. The number of benzene rings is 2. The molecule has 9 N–H and O–H groups in total. The van der Waals surface area contributed by atoms with Gasteiger partial charge in [0.25, 0.3) is 35.4 Å². The lowest BCUT2D eigenvalue weighted by Gasteiger charge is -2.16. The van der Waals surface area contributed by atoms with Crippen LogP contribution in [0, 0.1) is 25.5 Å². The number of carboxylic acids is 1. The van der Waals surface area contributed by atoms with Gasteiger partial charge in [0, 0.05) is 26.2 Å². The first-order chi connectivity index (χ1) is 32.8. The molecule has 0 aliphatic carbocycles. The summed E-state index contributed by atoms with van der Waals surface area (Å²) >= 11 is 4.25. The lowest BCUT2D eigenvalue weighted by molar-refractivity contribution is -0.142. The van der Waals surface area contributed by atoms with Crippen LogP contribution in [0.2, 0.25) is 0 Å². The average molecular weight is 1030 g/mol. The Balaban J connectivity index is 0.000000258. The summed E-state index contributed by atoms with van der Waals surface area (Å²) in [7, 11) is 1.17. The van der Waals surface area contributed by atoms with Crippen molar-refractivity contribution in [3.63, 3.8) is 0 Å². The maximum atomic E-state index is 13.2. The van der Waals surface area contributed by atoms with Crippen LogP contribution in [0.5, 0.6) is 11.5 Å². The van der Waals surface area contributed by atoms with Crippen molar-refractivity contribution in [3.05, 3.63) is 147 Å². The summed E-state index contributed by atoms with van der Waals surface area (Å²) in [6, 6.07) is 14.6. The van der Waals surface area contributed by atoms with Crippen LogP contribution in [0.15, 0.2) is 83.6 Å². The normalized spacial score (nSPS) is 11.4. The third-order valence-electron chi connectivity index (χ3n) is 9.44. The Morgan fingerprint density at radius 2 is 0.971 bits per heavy atom. The van der Waals surface area contributed by atoms with Gasteiger partial charge in [-0.1, -0.05) is 24.3 Å². The van der Waals surface area contributed by atoms with E-state index in [-0.39, 0.29) is 51.6 Å². The molecule has 0 saturated heterocycles. The summed E-state index contributed by atoms with van der Waals surface area (Å²) in [5, 5.41) is 47.0. The van der Waals surface area contributed by atoms with E-state index in [1.165, 1.54) is 66.2 Å². The second kappa shape index (κ2) is 24.5. The Hall–Kier alpha value is -7.54. The molecule has 0 fully saturated rings. The minimum Gasteiger partial charge on any atom is -0.505 e. The number of halogens is 2. The number of nitrogens with one attached hydrogen (secondary N) is 6. The molecule has 6 rings (SSSR count). The molecule has 2 aromatic carbocycles. The molecule has 6 amide bonds. The van der Waals surface area contributed by atoms with Crippen molar-refractivity contribution in [3.8, 4) is 11.5 Å². The number of carbonyl (C=O) groups excluding carboxylic acids is 7. The van der Waals surface area contributed by atoms with Gasteiger partial charge in [-0.05, 0) is 95.4 Å². The number of carbonyl (C=O) groups is 8. The van der Waals surface area contributed by atoms with E-state index in [4.69, 9.17) is 4.74 Å². The number of aryl methyl sites for hydroxylation is 2. The number of hydrogen-bond donors (Lipinski definition) is 9. The molecule has 4 aromatic heterocycles. The number of phenols is 2. The van der Waals surface area contributed by atoms with Crippen LogP contribution in [0.25, 0.3) is 0 Å². The Bertz CT molecular complexity index is 2850. The highest BCUT2D eigenvalue weighted by Crippen LogP contribution is 2.25. The second-order valence-electron chi connectivity index (χ2n) is 14.5. The van der Waals surface area contributed by atoms with Crippen molar-refractivity contribution in [2.45, 2.75) is 39.0 Å². The van der Waals surface area contributed by atoms with Crippen molar-refractivity contribution < 1.29 is 67.2 Å². The maximum absolute atomic E-state index is 13.2. The van der Waals surface area contributed by atoms with Gasteiger partial charge in [-0.3, -0.25) is 28.8 Å². The van der Waals surface area contributed by atoms with Crippen molar-refractivity contribution >= 4 is 92.7 Å². The summed E-state index contributed by atoms with van der Waals surface area (Å²) in [6.45, 7) is 2.81. The van der Waals surface area contributed by atoms with Gasteiger partial charge in [-0.15, -0.1) is 45.3 Å². The van der Waals surface area contributed by atoms with Crippen molar-refractivity contribution in [1.29, 1.82) is 0 Å². The van der Waals surface area contributed by atoms with E-state index in [1.807, 2.05) is 0 Å². The molecule has 24 heteroatoms. The molecule has 2 atom stereocenters. The van der Waals surface area contributed by atoms with Gasteiger partial charge in [0.1, 0.15) is 12.1 Å². The number of aromatic hydroxyl groups is 2. The van der Waals surface area contributed by atoms with E-state index in [1.54, 1.807) is 48.9 Å². The molecule has 0 saturated carbocycles. The van der Waals surface area contributed by atoms with Gasteiger partial charge >= 0.3 is 11.9 Å². The zero-order valence-corrected chi connectivity index (χ0v) is 39.7. The average Bonchev–Trinajstić information content (AvgIpc) is 4.18. The van der Waals surface area contributed by atoms with E-state index in [2.05, 4.69) is 31.9 Å². The van der Waals surface area contributed by atoms with E-state index in [0.717, 1.165) is 34.8 Å². The zero-order chi connectivity index (χ0) is 50.4. The number of hydrogen-bond acceptors (Lipinski definition) is 15. The third kappa shape index (κ3) is 14.7. The highest BCUT2D eigenvalue weighted by atomic mass is 32.1. The number of rotatable bonds is 18. The summed E-state index contributed by atoms with van der Waals surface area (Å²) < 4.78 is 31.1. The van der Waals surface area contributed by atoms with Gasteiger partial charge < -0.3 is 52.0 Å². The van der Waals surface area contributed by atoms with Crippen LogP contribution in [0.4, 0.5) is 8.78 Å². The van der Waals surface area contributed by atoms with Crippen LogP contribution in [-0.2, 0) is 27.4 Å². The highest BCUT2D eigenvalue weighted by molar-refractivity contribution is 7.16. The Morgan fingerprint density at radius 1 is 0.565 bits per heavy atom. The molecule has 0 spiro atoms. The van der Waals surface area contributed by atoms with Crippen LogP contribution in [0.3, 0.4) is 0 Å². The van der Waals surface area contributed by atoms with Gasteiger partial charge in [0.15, 0.2) is 23.1 Å².